The maximum atomic E-state index is 5.28. The van der Waals surface area contributed by atoms with Crippen LogP contribution in [-0.4, -0.2) is 28.7 Å². The monoisotopic (exact) mass is 670 g/mol. The van der Waals surface area contributed by atoms with Crippen molar-refractivity contribution in [2.75, 3.05) is 0 Å². The van der Waals surface area contributed by atoms with Crippen LogP contribution in [0.5, 0.6) is 0 Å². The van der Waals surface area contributed by atoms with Gasteiger partial charge in [0.15, 0.2) is 0 Å². The van der Waals surface area contributed by atoms with Gasteiger partial charge in [-0.25, -0.2) is 15.0 Å². The molecule has 0 radical (unpaired) electrons. The van der Waals surface area contributed by atoms with Crippen LogP contribution in [0.1, 0.15) is 6.92 Å². The number of nitrogens with zero attached hydrogens (tertiary/aromatic N) is 6. The highest BCUT2D eigenvalue weighted by Gasteiger charge is 2.22. The van der Waals surface area contributed by atoms with Gasteiger partial charge in [0.05, 0.1) is 33.1 Å². The van der Waals surface area contributed by atoms with Crippen molar-refractivity contribution >= 4 is 38.8 Å². The second-order valence-corrected chi connectivity index (χ2v) is 12.7. The average Bonchev–Trinajstić information content (AvgIpc) is 3.91. The Morgan fingerprint density at radius 2 is 0.885 bits per heavy atom. The largest absolute Gasteiger partial charge is 0.296 e. The van der Waals surface area contributed by atoms with Gasteiger partial charge in [-0.3, -0.25) is 13.7 Å². The quantitative estimate of drug-likeness (QED) is 0.151. The maximum absolute atomic E-state index is 5.28. The minimum atomic E-state index is 0.829. The summed E-state index contributed by atoms with van der Waals surface area (Å²) in [5, 5.41) is 0. The van der Waals surface area contributed by atoms with E-state index in [4.69, 9.17) is 15.0 Å². The number of fused-ring (bicyclic) bond motifs is 3. The number of hydrogen-bond donors (Lipinski definition) is 0. The van der Waals surface area contributed by atoms with E-state index < -0.39 is 0 Å². The molecule has 0 aliphatic heterocycles. The first-order chi connectivity index (χ1) is 25.7. The predicted molar refractivity (Wildman–Crippen MR) is 215 cm³/mol. The van der Waals surface area contributed by atoms with Gasteiger partial charge < -0.3 is 0 Å². The molecule has 3 heterocycles. The number of benzene rings is 6. The maximum Gasteiger partial charge on any atom is 0.145 e. The fourth-order valence-corrected chi connectivity index (χ4v) is 7.06. The van der Waals surface area contributed by atoms with Crippen molar-refractivity contribution in [3.8, 4) is 45.5 Å². The summed E-state index contributed by atoms with van der Waals surface area (Å²) in [6.45, 7) is 5.96. The lowest BCUT2D eigenvalue weighted by Crippen LogP contribution is -2.02. The van der Waals surface area contributed by atoms with Gasteiger partial charge in [0.25, 0.3) is 0 Å². The molecular formula is C46H34N6. The lowest BCUT2D eigenvalue weighted by atomic mass is 10.0. The van der Waals surface area contributed by atoms with E-state index in [9.17, 15) is 0 Å². The highest BCUT2D eigenvalue weighted by Crippen LogP contribution is 2.38. The molecule has 3 aromatic heterocycles. The molecule has 52 heavy (non-hydrogen) atoms. The molecular weight excluding hydrogens is 637 g/mol. The zero-order valence-corrected chi connectivity index (χ0v) is 28.6. The van der Waals surface area contributed by atoms with Crippen molar-refractivity contribution in [2.24, 2.45) is 0 Å². The Labute approximate surface area is 301 Å². The number of aromatic nitrogens is 6. The molecule has 9 rings (SSSR count). The summed E-state index contributed by atoms with van der Waals surface area (Å²) in [4.78, 5) is 15.8. The standard InChI is InChI=1S/C46H34N6/c1-3-4-7-18-32(2)50-41-26-15-12-23-38(41)47-44(50)33-29-34(45-48-39-24-13-16-27-42(39)51(45)36-19-8-5-9-20-36)31-35(30-33)46-49-40-25-14-17-28-43(40)52(46)37-21-10-6-11-22-37/h3-31H,1H2,2H3/b7-4-,32-18+. The van der Waals surface area contributed by atoms with Crippen LogP contribution in [0, 0.1) is 0 Å². The molecule has 0 N–H and O–H groups in total. The van der Waals surface area contributed by atoms with Crippen molar-refractivity contribution in [1.82, 2.24) is 28.7 Å². The number of imidazole rings is 3. The second-order valence-electron chi connectivity index (χ2n) is 12.7. The molecule has 6 aromatic carbocycles. The Bertz CT molecular complexity index is 2680. The van der Waals surface area contributed by atoms with E-state index in [0.717, 1.165) is 84.3 Å². The van der Waals surface area contributed by atoms with E-state index >= 15 is 0 Å². The SMILES string of the molecule is C=C/C=C\C=C(/C)n1c(-c2cc(-c3nc4ccccc4n3-c3ccccc3)cc(-c3nc4ccccc4n3-c3ccccc3)c2)nc2ccccc21. The molecule has 0 bridgehead atoms. The van der Waals surface area contributed by atoms with Crippen molar-refractivity contribution in [1.29, 1.82) is 0 Å². The first kappa shape index (κ1) is 31.0. The van der Waals surface area contributed by atoms with Crippen LogP contribution >= 0.6 is 0 Å². The second kappa shape index (κ2) is 13.0. The summed E-state index contributed by atoms with van der Waals surface area (Å²) >= 11 is 0. The molecule has 0 atom stereocenters. The molecule has 0 aliphatic carbocycles. The first-order valence-corrected chi connectivity index (χ1v) is 17.3. The van der Waals surface area contributed by atoms with Crippen LogP contribution in [-0.2, 0) is 0 Å². The molecule has 0 amide bonds. The topological polar surface area (TPSA) is 53.5 Å². The Kier molecular flexibility index (Phi) is 7.75. The molecule has 0 aliphatic rings. The van der Waals surface area contributed by atoms with Gasteiger partial charge in [0.1, 0.15) is 17.5 Å². The van der Waals surface area contributed by atoms with Crippen molar-refractivity contribution in [3.63, 3.8) is 0 Å². The number of rotatable bonds is 8. The van der Waals surface area contributed by atoms with E-state index in [1.54, 1.807) is 6.08 Å². The highest BCUT2D eigenvalue weighted by molar-refractivity contribution is 5.90. The number of hydrogen-bond acceptors (Lipinski definition) is 3. The molecule has 6 nitrogen and oxygen atoms in total. The summed E-state index contributed by atoms with van der Waals surface area (Å²) in [6, 6.07) is 52.4. The van der Waals surface area contributed by atoms with E-state index in [1.165, 1.54) is 0 Å². The van der Waals surface area contributed by atoms with Crippen LogP contribution in [0.3, 0.4) is 0 Å². The van der Waals surface area contributed by atoms with E-state index in [0.29, 0.717) is 0 Å². The van der Waals surface area contributed by atoms with E-state index in [-0.39, 0.29) is 0 Å². The fraction of sp³-hybridized carbons (Fsp3) is 0.0217. The molecule has 0 fully saturated rings. The van der Waals surface area contributed by atoms with Gasteiger partial charge in [0, 0.05) is 33.8 Å². The Morgan fingerprint density at radius 1 is 0.481 bits per heavy atom. The summed E-state index contributed by atoms with van der Waals surface area (Å²) in [7, 11) is 0. The predicted octanol–water partition coefficient (Wildman–Crippen LogP) is 11.3. The normalized spacial score (nSPS) is 12.1. The Hall–Kier alpha value is -7.05. The van der Waals surface area contributed by atoms with Crippen molar-refractivity contribution < 1.29 is 0 Å². The molecule has 0 unspecified atom stereocenters. The van der Waals surface area contributed by atoms with Gasteiger partial charge in [0.2, 0.25) is 0 Å². The minimum Gasteiger partial charge on any atom is -0.296 e. The number of allylic oxidation sites excluding steroid dienone is 5. The Balaban J connectivity index is 1.38. The van der Waals surface area contributed by atoms with Crippen molar-refractivity contribution in [2.45, 2.75) is 6.92 Å². The third-order valence-electron chi connectivity index (χ3n) is 9.36. The lowest BCUT2D eigenvalue weighted by molar-refractivity contribution is 1.09. The van der Waals surface area contributed by atoms with E-state index in [1.807, 2.05) is 42.5 Å². The van der Waals surface area contributed by atoms with E-state index in [2.05, 4.69) is 155 Å². The van der Waals surface area contributed by atoms with Crippen LogP contribution in [0.15, 0.2) is 183 Å². The number of para-hydroxylation sites is 8. The summed E-state index contributed by atoms with van der Waals surface area (Å²) in [6.07, 6.45) is 7.81. The summed E-state index contributed by atoms with van der Waals surface area (Å²) < 4.78 is 6.71. The summed E-state index contributed by atoms with van der Waals surface area (Å²) in [5.41, 5.74) is 11.8. The smallest absolute Gasteiger partial charge is 0.145 e. The van der Waals surface area contributed by atoms with Gasteiger partial charge in [-0.1, -0.05) is 97.6 Å². The van der Waals surface area contributed by atoms with Gasteiger partial charge >= 0.3 is 0 Å². The lowest BCUT2D eigenvalue weighted by Gasteiger charge is -2.15. The van der Waals surface area contributed by atoms with Gasteiger partial charge in [-0.2, -0.15) is 0 Å². The van der Waals surface area contributed by atoms with Crippen LogP contribution in [0.2, 0.25) is 0 Å². The van der Waals surface area contributed by atoms with Crippen LogP contribution in [0.4, 0.5) is 0 Å². The van der Waals surface area contributed by atoms with Crippen LogP contribution < -0.4 is 0 Å². The van der Waals surface area contributed by atoms with Gasteiger partial charge in [-0.05, 0) is 91.9 Å². The Morgan fingerprint density at radius 3 is 1.38 bits per heavy atom. The first-order valence-electron chi connectivity index (χ1n) is 17.3. The molecule has 0 spiro atoms. The third-order valence-corrected chi connectivity index (χ3v) is 9.36. The molecule has 9 aromatic rings. The fourth-order valence-electron chi connectivity index (χ4n) is 7.06. The molecule has 0 saturated carbocycles. The zero-order valence-electron chi connectivity index (χ0n) is 28.6. The highest BCUT2D eigenvalue weighted by atomic mass is 15.1. The minimum absolute atomic E-state index is 0.829. The third kappa shape index (κ3) is 5.34. The van der Waals surface area contributed by atoms with Crippen LogP contribution in [0.25, 0.3) is 84.3 Å². The molecule has 6 heteroatoms. The summed E-state index contributed by atoms with van der Waals surface area (Å²) in [5.74, 6) is 2.50. The molecule has 248 valence electrons. The molecule has 0 saturated heterocycles. The van der Waals surface area contributed by atoms with Crippen molar-refractivity contribution in [3.05, 3.63) is 183 Å². The average molecular weight is 671 g/mol. The zero-order chi connectivity index (χ0) is 35.0. The van der Waals surface area contributed by atoms with Gasteiger partial charge in [-0.15, -0.1) is 0 Å².